The van der Waals surface area contributed by atoms with Gasteiger partial charge in [0, 0.05) is 25.6 Å². The van der Waals surface area contributed by atoms with Crippen molar-refractivity contribution in [2.24, 2.45) is 5.92 Å². The van der Waals surface area contributed by atoms with E-state index in [1.54, 1.807) is 12.0 Å². The highest BCUT2D eigenvalue weighted by Gasteiger charge is 2.33. The summed E-state index contributed by atoms with van der Waals surface area (Å²) in [5, 5.41) is 3.04. The van der Waals surface area contributed by atoms with E-state index in [1.807, 2.05) is 38.1 Å². The Labute approximate surface area is 138 Å². The maximum Gasteiger partial charge on any atom is 0.225 e. The molecular weight excluding hydrogens is 292 g/mol. The molecule has 0 radical (unpaired) electrons. The molecule has 1 saturated heterocycles. The number of likely N-dealkylation sites (tertiary alicyclic amines) is 1. The first-order chi connectivity index (χ1) is 11.0. The van der Waals surface area contributed by atoms with Crippen LogP contribution in [0.1, 0.15) is 32.3 Å². The van der Waals surface area contributed by atoms with Crippen molar-refractivity contribution in [2.45, 2.75) is 39.2 Å². The maximum atomic E-state index is 12.3. The van der Waals surface area contributed by atoms with Crippen molar-refractivity contribution in [1.82, 2.24) is 10.2 Å². The second kappa shape index (κ2) is 7.99. The van der Waals surface area contributed by atoms with Crippen LogP contribution >= 0.6 is 0 Å². The van der Waals surface area contributed by atoms with Gasteiger partial charge in [-0.1, -0.05) is 12.1 Å². The van der Waals surface area contributed by atoms with Crippen LogP contribution < -0.4 is 10.1 Å². The van der Waals surface area contributed by atoms with Crippen molar-refractivity contribution in [3.63, 3.8) is 0 Å². The van der Waals surface area contributed by atoms with Gasteiger partial charge in [-0.25, -0.2) is 0 Å². The Morgan fingerprint density at radius 1 is 1.39 bits per heavy atom. The second-order valence-electron chi connectivity index (χ2n) is 6.13. The number of hydrogen-bond acceptors (Lipinski definition) is 3. The average Bonchev–Trinajstić information content (AvgIpc) is 2.94. The van der Waals surface area contributed by atoms with Crippen LogP contribution in [0.5, 0.6) is 5.75 Å². The van der Waals surface area contributed by atoms with Crippen molar-refractivity contribution >= 4 is 11.8 Å². The minimum absolute atomic E-state index is 0.00321. The summed E-state index contributed by atoms with van der Waals surface area (Å²) in [7, 11) is 1.65. The molecule has 0 unspecified atom stereocenters. The molecular formula is C18H26N2O3. The summed E-state index contributed by atoms with van der Waals surface area (Å²) in [5.41, 5.74) is 1.22. The molecule has 2 rings (SSSR count). The van der Waals surface area contributed by atoms with Crippen molar-refractivity contribution in [3.8, 4) is 5.75 Å². The van der Waals surface area contributed by atoms with Gasteiger partial charge >= 0.3 is 0 Å². The predicted octanol–water partition coefficient (Wildman–Crippen LogP) is 2.00. The Hall–Kier alpha value is -2.04. The van der Waals surface area contributed by atoms with E-state index in [9.17, 15) is 9.59 Å². The Kier molecular flexibility index (Phi) is 6.02. The molecule has 0 bridgehead atoms. The molecule has 1 heterocycles. The Bertz CT molecular complexity index is 542. The third-order valence-electron chi connectivity index (χ3n) is 4.38. The lowest BCUT2D eigenvalue weighted by atomic mass is 10.0. The largest absolute Gasteiger partial charge is 0.497 e. The highest BCUT2D eigenvalue weighted by atomic mass is 16.5. The van der Waals surface area contributed by atoms with Gasteiger partial charge in [-0.15, -0.1) is 0 Å². The number of methoxy groups -OCH3 is 1. The zero-order chi connectivity index (χ0) is 16.8. The van der Waals surface area contributed by atoms with E-state index in [0.717, 1.165) is 18.6 Å². The number of amides is 2. The number of ether oxygens (including phenoxy) is 1. The Balaban J connectivity index is 1.76. The predicted molar refractivity (Wildman–Crippen MR) is 89.3 cm³/mol. The minimum Gasteiger partial charge on any atom is -0.497 e. The van der Waals surface area contributed by atoms with Crippen LogP contribution in [-0.2, 0) is 16.0 Å². The highest BCUT2D eigenvalue weighted by Crippen LogP contribution is 2.18. The number of rotatable bonds is 7. The summed E-state index contributed by atoms with van der Waals surface area (Å²) >= 11 is 0. The fraction of sp³-hybridized carbons (Fsp3) is 0.556. The van der Waals surface area contributed by atoms with Crippen LogP contribution in [0, 0.1) is 5.92 Å². The van der Waals surface area contributed by atoms with Gasteiger partial charge in [0.2, 0.25) is 11.8 Å². The molecule has 1 aromatic rings. The molecule has 23 heavy (non-hydrogen) atoms. The standard InChI is InChI=1S/C18H26N2O3/c1-4-20-12-15(11-17(20)21)18(22)19-13(2)5-6-14-7-9-16(23-3)10-8-14/h7-10,13,15H,4-6,11-12H2,1-3H3,(H,19,22)/t13-,15+/m1/s1. The molecule has 1 fully saturated rings. The van der Waals surface area contributed by atoms with Gasteiger partial charge in [0.25, 0.3) is 0 Å². The number of nitrogens with zero attached hydrogens (tertiary/aromatic N) is 1. The molecule has 5 nitrogen and oxygen atoms in total. The second-order valence-corrected chi connectivity index (χ2v) is 6.13. The quantitative estimate of drug-likeness (QED) is 0.836. The number of hydrogen-bond donors (Lipinski definition) is 1. The summed E-state index contributed by atoms with van der Waals surface area (Å²) < 4.78 is 5.14. The fourth-order valence-corrected chi connectivity index (χ4v) is 2.86. The highest BCUT2D eigenvalue weighted by molar-refractivity contribution is 5.89. The van der Waals surface area contributed by atoms with Crippen molar-refractivity contribution in [1.29, 1.82) is 0 Å². The SMILES string of the molecule is CCN1C[C@@H](C(=O)N[C@H](C)CCc2ccc(OC)cc2)CC1=O. The van der Waals surface area contributed by atoms with E-state index < -0.39 is 0 Å². The van der Waals surface area contributed by atoms with Crippen molar-refractivity contribution in [2.75, 3.05) is 20.2 Å². The van der Waals surface area contributed by atoms with Gasteiger partial charge in [0.05, 0.1) is 13.0 Å². The van der Waals surface area contributed by atoms with Crippen LogP contribution in [0.25, 0.3) is 0 Å². The summed E-state index contributed by atoms with van der Waals surface area (Å²) in [6.07, 6.45) is 2.11. The molecule has 1 N–H and O–H groups in total. The molecule has 5 heteroatoms. The zero-order valence-electron chi connectivity index (χ0n) is 14.2. The monoisotopic (exact) mass is 318 g/mol. The molecule has 0 aromatic heterocycles. The Morgan fingerprint density at radius 3 is 2.65 bits per heavy atom. The van der Waals surface area contributed by atoms with E-state index >= 15 is 0 Å². The van der Waals surface area contributed by atoms with Gasteiger partial charge in [0.15, 0.2) is 0 Å². The lowest BCUT2D eigenvalue weighted by Crippen LogP contribution is -2.38. The van der Waals surface area contributed by atoms with Gasteiger partial charge in [-0.05, 0) is 44.4 Å². The number of aryl methyl sites for hydroxylation is 1. The maximum absolute atomic E-state index is 12.3. The lowest BCUT2D eigenvalue weighted by Gasteiger charge is -2.17. The topological polar surface area (TPSA) is 58.6 Å². The van der Waals surface area contributed by atoms with Crippen molar-refractivity contribution < 1.29 is 14.3 Å². The van der Waals surface area contributed by atoms with Crippen LogP contribution in [0.2, 0.25) is 0 Å². The molecule has 2 atom stereocenters. The zero-order valence-corrected chi connectivity index (χ0v) is 14.2. The van der Waals surface area contributed by atoms with Gasteiger partial charge < -0.3 is 15.0 Å². The number of carbonyl (C=O) groups excluding carboxylic acids is 2. The number of carbonyl (C=O) groups is 2. The van der Waals surface area contributed by atoms with Crippen LogP contribution in [0.4, 0.5) is 0 Å². The molecule has 0 aliphatic carbocycles. The van der Waals surface area contributed by atoms with E-state index in [2.05, 4.69) is 5.32 Å². The minimum atomic E-state index is -0.203. The fourth-order valence-electron chi connectivity index (χ4n) is 2.86. The van der Waals surface area contributed by atoms with E-state index in [-0.39, 0.29) is 23.8 Å². The molecule has 1 aromatic carbocycles. The lowest BCUT2D eigenvalue weighted by molar-refractivity contribution is -0.129. The first-order valence-corrected chi connectivity index (χ1v) is 8.24. The summed E-state index contributed by atoms with van der Waals surface area (Å²) in [5.74, 6) is 0.724. The van der Waals surface area contributed by atoms with Crippen molar-refractivity contribution in [3.05, 3.63) is 29.8 Å². The summed E-state index contributed by atoms with van der Waals surface area (Å²) in [4.78, 5) is 25.7. The molecule has 126 valence electrons. The van der Waals surface area contributed by atoms with Gasteiger partial charge in [0.1, 0.15) is 5.75 Å². The average molecular weight is 318 g/mol. The number of benzene rings is 1. The van der Waals surface area contributed by atoms with E-state index in [1.165, 1.54) is 5.56 Å². The van der Waals surface area contributed by atoms with E-state index in [4.69, 9.17) is 4.74 Å². The molecule has 0 spiro atoms. The van der Waals surface area contributed by atoms with Crippen LogP contribution in [0.15, 0.2) is 24.3 Å². The first kappa shape index (κ1) is 17.3. The van der Waals surface area contributed by atoms with Gasteiger partial charge in [-0.3, -0.25) is 9.59 Å². The van der Waals surface area contributed by atoms with E-state index in [0.29, 0.717) is 19.5 Å². The smallest absolute Gasteiger partial charge is 0.225 e. The third kappa shape index (κ3) is 4.71. The normalized spacial score (nSPS) is 18.8. The third-order valence-corrected chi connectivity index (χ3v) is 4.38. The first-order valence-electron chi connectivity index (χ1n) is 8.24. The van der Waals surface area contributed by atoms with Crippen LogP contribution in [0.3, 0.4) is 0 Å². The molecule has 0 saturated carbocycles. The molecule has 1 aliphatic heterocycles. The Morgan fingerprint density at radius 2 is 2.09 bits per heavy atom. The summed E-state index contributed by atoms with van der Waals surface area (Å²) in [6.45, 7) is 5.17. The van der Waals surface area contributed by atoms with Gasteiger partial charge in [-0.2, -0.15) is 0 Å². The molecule has 2 amide bonds. The molecule has 1 aliphatic rings. The number of nitrogens with one attached hydrogen (secondary N) is 1. The summed E-state index contributed by atoms with van der Waals surface area (Å²) in [6, 6.07) is 8.07. The van der Waals surface area contributed by atoms with Crippen LogP contribution in [-0.4, -0.2) is 43.0 Å².